The zero-order valence-corrected chi connectivity index (χ0v) is 14.3. The highest BCUT2D eigenvalue weighted by Crippen LogP contribution is 2.25. The molecule has 3 rings (SSSR count). The summed E-state index contributed by atoms with van der Waals surface area (Å²) in [4.78, 5) is 27.8. The average molecular weight is 346 g/mol. The normalized spacial score (nSPS) is 18.4. The molecule has 0 bridgehead atoms. The van der Waals surface area contributed by atoms with Gasteiger partial charge in [0.15, 0.2) is 0 Å². The SMILES string of the molecule is Cc1c(CN2CCC[C@H](CNC(=O)C(N)=O)C2)[nH]c2ccc(F)cc12. The number of aromatic amines is 1. The van der Waals surface area contributed by atoms with Gasteiger partial charge in [0.25, 0.3) is 0 Å². The molecule has 134 valence electrons. The molecule has 4 N–H and O–H groups in total. The van der Waals surface area contributed by atoms with Gasteiger partial charge in [-0.25, -0.2) is 4.39 Å². The molecule has 0 spiro atoms. The van der Waals surface area contributed by atoms with Crippen molar-refractivity contribution in [1.29, 1.82) is 0 Å². The van der Waals surface area contributed by atoms with E-state index >= 15 is 0 Å². The molecule has 1 aliphatic heterocycles. The monoisotopic (exact) mass is 346 g/mol. The summed E-state index contributed by atoms with van der Waals surface area (Å²) in [7, 11) is 0. The number of nitrogens with one attached hydrogen (secondary N) is 2. The number of hydrogen-bond donors (Lipinski definition) is 3. The van der Waals surface area contributed by atoms with Crippen molar-refractivity contribution in [2.45, 2.75) is 26.3 Å². The van der Waals surface area contributed by atoms with Gasteiger partial charge in [0, 0.05) is 36.2 Å². The van der Waals surface area contributed by atoms with E-state index in [2.05, 4.69) is 15.2 Å². The number of amides is 2. The number of carbonyl (C=O) groups excluding carboxylic acids is 2. The summed E-state index contributed by atoms with van der Waals surface area (Å²) in [6.07, 6.45) is 2.04. The fourth-order valence-electron chi connectivity index (χ4n) is 3.52. The number of nitrogens with two attached hydrogens (primary N) is 1. The highest BCUT2D eigenvalue weighted by molar-refractivity contribution is 6.34. The minimum absolute atomic E-state index is 0.232. The van der Waals surface area contributed by atoms with Crippen LogP contribution in [-0.4, -0.2) is 41.3 Å². The van der Waals surface area contributed by atoms with Gasteiger partial charge < -0.3 is 16.0 Å². The number of aryl methyl sites for hydroxylation is 1. The van der Waals surface area contributed by atoms with Crippen LogP contribution in [0.4, 0.5) is 4.39 Å². The number of hydrogen-bond acceptors (Lipinski definition) is 3. The first-order valence-electron chi connectivity index (χ1n) is 8.50. The van der Waals surface area contributed by atoms with Crippen LogP contribution in [0, 0.1) is 18.7 Å². The number of benzene rings is 1. The molecular weight excluding hydrogens is 323 g/mol. The van der Waals surface area contributed by atoms with E-state index in [4.69, 9.17) is 5.73 Å². The van der Waals surface area contributed by atoms with Gasteiger partial charge >= 0.3 is 11.8 Å². The third kappa shape index (κ3) is 3.99. The summed E-state index contributed by atoms with van der Waals surface area (Å²) < 4.78 is 13.5. The van der Waals surface area contributed by atoms with Gasteiger partial charge in [-0.2, -0.15) is 0 Å². The summed E-state index contributed by atoms with van der Waals surface area (Å²) in [5.41, 5.74) is 8.05. The van der Waals surface area contributed by atoms with Crippen LogP contribution in [0.1, 0.15) is 24.1 Å². The second-order valence-corrected chi connectivity index (χ2v) is 6.74. The van der Waals surface area contributed by atoms with Crippen molar-refractivity contribution in [3.63, 3.8) is 0 Å². The van der Waals surface area contributed by atoms with Crippen LogP contribution < -0.4 is 11.1 Å². The first-order valence-corrected chi connectivity index (χ1v) is 8.50. The van der Waals surface area contributed by atoms with Crippen LogP contribution >= 0.6 is 0 Å². The van der Waals surface area contributed by atoms with Crippen molar-refractivity contribution in [3.05, 3.63) is 35.3 Å². The molecule has 0 radical (unpaired) electrons. The number of primary amides is 1. The Bertz CT molecular complexity index is 802. The molecule has 25 heavy (non-hydrogen) atoms. The summed E-state index contributed by atoms with van der Waals surface area (Å²) in [6, 6.07) is 4.78. The van der Waals surface area contributed by atoms with E-state index in [1.807, 2.05) is 6.92 Å². The molecule has 6 nitrogen and oxygen atoms in total. The molecule has 2 amide bonds. The van der Waals surface area contributed by atoms with Crippen molar-refractivity contribution in [2.75, 3.05) is 19.6 Å². The number of H-pyrrole nitrogens is 1. The molecule has 0 saturated carbocycles. The van der Waals surface area contributed by atoms with Gasteiger partial charge in [0.1, 0.15) is 5.82 Å². The number of halogens is 1. The summed E-state index contributed by atoms with van der Waals surface area (Å²) in [6.45, 7) is 5.02. The lowest BCUT2D eigenvalue weighted by molar-refractivity contribution is -0.137. The molecule has 1 aromatic carbocycles. The zero-order chi connectivity index (χ0) is 18.0. The largest absolute Gasteiger partial charge is 0.361 e. The maximum absolute atomic E-state index is 13.5. The number of rotatable bonds is 4. The molecule has 2 heterocycles. The first-order chi connectivity index (χ1) is 11.9. The van der Waals surface area contributed by atoms with Crippen molar-refractivity contribution in [2.24, 2.45) is 11.7 Å². The quantitative estimate of drug-likeness (QED) is 0.732. The summed E-state index contributed by atoms with van der Waals surface area (Å²) in [5, 5.41) is 3.50. The lowest BCUT2D eigenvalue weighted by Crippen LogP contribution is -2.43. The van der Waals surface area contributed by atoms with E-state index in [9.17, 15) is 14.0 Å². The van der Waals surface area contributed by atoms with Crippen LogP contribution in [-0.2, 0) is 16.1 Å². The number of likely N-dealkylation sites (tertiary alicyclic amines) is 1. The highest BCUT2D eigenvalue weighted by atomic mass is 19.1. The Morgan fingerprint density at radius 2 is 2.24 bits per heavy atom. The molecule has 1 saturated heterocycles. The van der Waals surface area contributed by atoms with E-state index < -0.39 is 11.8 Å². The number of carbonyl (C=O) groups is 2. The van der Waals surface area contributed by atoms with E-state index in [1.165, 1.54) is 6.07 Å². The molecule has 0 aliphatic carbocycles. The Labute approximate surface area is 145 Å². The van der Waals surface area contributed by atoms with E-state index in [0.717, 1.165) is 54.6 Å². The maximum atomic E-state index is 13.5. The summed E-state index contributed by atoms with van der Waals surface area (Å²) in [5.74, 6) is -1.62. The smallest absolute Gasteiger partial charge is 0.309 e. The highest BCUT2D eigenvalue weighted by Gasteiger charge is 2.22. The van der Waals surface area contributed by atoms with Gasteiger partial charge in [-0.05, 0) is 56.0 Å². The fraction of sp³-hybridized carbons (Fsp3) is 0.444. The van der Waals surface area contributed by atoms with Gasteiger partial charge in [-0.15, -0.1) is 0 Å². The Balaban J connectivity index is 1.64. The molecule has 1 fully saturated rings. The summed E-state index contributed by atoms with van der Waals surface area (Å²) >= 11 is 0. The molecule has 1 aromatic heterocycles. The minimum Gasteiger partial charge on any atom is -0.361 e. The topological polar surface area (TPSA) is 91.2 Å². The maximum Gasteiger partial charge on any atom is 0.309 e. The number of nitrogens with zero attached hydrogens (tertiary/aromatic N) is 1. The van der Waals surface area contributed by atoms with Gasteiger partial charge in [-0.1, -0.05) is 0 Å². The fourth-order valence-corrected chi connectivity index (χ4v) is 3.52. The Morgan fingerprint density at radius 3 is 3.00 bits per heavy atom. The zero-order valence-electron chi connectivity index (χ0n) is 14.3. The molecule has 1 atom stereocenters. The average Bonchev–Trinajstić information content (AvgIpc) is 2.89. The Kier molecular flexibility index (Phi) is 5.03. The van der Waals surface area contributed by atoms with Crippen molar-refractivity contribution < 1.29 is 14.0 Å². The molecule has 1 aliphatic rings. The van der Waals surface area contributed by atoms with Crippen LogP contribution in [0.2, 0.25) is 0 Å². The predicted molar refractivity (Wildman–Crippen MR) is 93.2 cm³/mol. The minimum atomic E-state index is -0.950. The van der Waals surface area contributed by atoms with Gasteiger partial charge in [0.2, 0.25) is 0 Å². The van der Waals surface area contributed by atoms with Crippen LogP contribution in [0.15, 0.2) is 18.2 Å². The van der Waals surface area contributed by atoms with Crippen LogP contribution in [0.5, 0.6) is 0 Å². The van der Waals surface area contributed by atoms with Crippen molar-refractivity contribution in [1.82, 2.24) is 15.2 Å². The second kappa shape index (κ2) is 7.23. The van der Waals surface area contributed by atoms with Crippen molar-refractivity contribution in [3.8, 4) is 0 Å². The molecule has 2 aromatic rings. The van der Waals surface area contributed by atoms with Gasteiger partial charge in [0.05, 0.1) is 0 Å². The van der Waals surface area contributed by atoms with Gasteiger partial charge in [-0.3, -0.25) is 14.5 Å². The Hall–Kier alpha value is -2.41. The van der Waals surface area contributed by atoms with E-state index in [1.54, 1.807) is 12.1 Å². The molecule has 0 unspecified atom stereocenters. The van der Waals surface area contributed by atoms with E-state index in [-0.39, 0.29) is 5.82 Å². The third-order valence-corrected chi connectivity index (χ3v) is 4.88. The lowest BCUT2D eigenvalue weighted by Gasteiger charge is -2.32. The second-order valence-electron chi connectivity index (χ2n) is 6.74. The number of fused-ring (bicyclic) bond motifs is 1. The standard InChI is InChI=1S/C18H23FN4O2/c1-11-14-7-13(19)4-5-15(14)22-16(11)10-23-6-2-3-12(9-23)8-21-18(25)17(20)24/h4-5,7,12,22H,2-3,6,8-10H2,1H3,(H2,20,24)(H,21,25)/t12-/m1/s1. The van der Waals surface area contributed by atoms with E-state index in [0.29, 0.717) is 12.5 Å². The van der Waals surface area contributed by atoms with Crippen LogP contribution in [0.25, 0.3) is 10.9 Å². The first kappa shape index (κ1) is 17.4. The number of aromatic nitrogens is 1. The van der Waals surface area contributed by atoms with Crippen molar-refractivity contribution >= 4 is 22.7 Å². The predicted octanol–water partition coefficient (Wildman–Crippen LogP) is 1.43. The Morgan fingerprint density at radius 1 is 1.44 bits per heavy atom. The third-order valence-electron chi connectivity index (χ3n) is 4.88. The molecular formula is C18H23FN4O2. The number of piperidine rings is 1. The lowest BCUT2D eigenvalue weighted by atomic mass is 9.97. The van der Waals surface area contributed by atoms with Crippen LogP contribution in [0.3, 0.4) is 0 Å². The molecule has 7 heteroatoms.